The number of ether oxygens (including phenoxy) is 1. The van der Waals surface area contributed by atoms with Gasteiger partial charge in [0.25, 0.3) is 0 Å². The number of carbonyl (C=O) groups is 3. The lowest BCUT2D eigenvalue weighted by Crippen LogP contribution is -2.34. The van der Waals surface area contributed by atoms with Crippen LogP contribution in [0.2, 0.25) is 0 Å². The van der Waals surface area contributed by atoms with E-state index in [9.17, 15) is 14.4 Å². The minimum Gasteiger partial charge on any atom is -0.465 e. The highest BCUT2D eigenvalue weighted by Gasteiger charge is 2.17. The van der Waals surface area contributed by atoms with E-state index in [4.69, 9.17) is 4.74 Å². The van der Waals surface area contributed by atoms with E-state index in [1.165, 1.54) is 95.3 Å². The molecular weight excluding hydrogens is 500 g/mol. The summed E-state index contributed by atoms with van der Waals surface area (Å²) in [6.45, 7) is 7.02. The topological polar surface area (TPSA) is 66.9 Å². The summed E-state index contributed by atoms with van der Waals surface area (Å²) in [7, 11) is 3.68. The molecule has 0 saturated carbocycles. The molecule has 0 aliphatic rings. The second kappa shape index (κ2) is 27.0. The number of esters is 1. The van der Waals surface area contributed by atoms with Crippen molar-refractivity contribution >= 4 is 17.8 Å². The van der Waals surface area contributed by atoms with Crippen molar-refractivity contribution in [3.05, 3.63) is 35.9 Å². The summed E-state index contributed by atoms with van der Waals surface area (Å²) in [4.78, 5) is 38.2. The van der Waals surface area contributed by atoms with Gasteiger partial charge in [-0.2, -0.15) is 0 Å². The Hall–Kier alpha value is -2.21. The highest BCUT2D eigenvalue weighted by atomic mass is 16.5. The third kappa shape index (κ3) is 23.7. The van der Waals surface area contributed by atoms with Crippen LogP contribution in [0.4, 0.5) is 0 Å². The zero-order chi connectivity index (χ0) is 29.8. The molecule has 0 bridgehead atoms. The third-order valence-corrected chi connectivity index (χ3v) is 6.77. The van der Waals surface area contributed by atoms with Crippen LogP contribution in [0, 0.1) is 0 Å². The number of amides is 2. The molecule has 0 aromatic heterocycles. The number of nitrogens with zero attached hydrogens (tertiary/aromatic N) is 2. The fraction of sp³-hybridized carbons (Fsp3) is 0.735. The second-order valence-corrected chi connectivity index (χ2v) is 11.1. The summed E-state index contributed by atoms with van der Waals surface area (Å²) in [6.07, 6.45) is 21.1. The highest BCUT2D eigenvalue weighted by molar-refractivity contribution is 5.94. The van der Waals surface area contributed by atoms with Crippen molar-refractivity contribution in [2.45, 2.75) is 136 Å². The summed E-state index contributed by atoms with van der Waals surface area (Å²) < 4.78 is 4.82. The Bertz CT molecular complexity index is 752. The zero-order valence-corrected chi connectivity index (χ0v) is 26.6. The van der Waals surface area contributed by atoms with Crippen LogP contribution >= 0.6 is 0 Å². The molecule has 1 rings (SSSR count). The molecule has 0 aliphatic heterocycles. The van der Waals surface area contributed by atoms with Crippen LogP contribution in [0.25, 0.3) is 0 Å². The van der Waals surface area contributed by atoms with Gasteiger partial charge in [0, 0.05) is 13.3 Å². The molecule has 0 atom stereocenters. The van der Waals surface area contributed by atoms with Crippen molar-refractivity contribution in [2.75, 3.05) is 27.2 Å². The first-order valence-electron chi connectivity index (χ1n) is 16.0. The standard InChI is InChI=1S/C27H45NO2.C7H15NO2/c1-3-4-5-6-7-8-9-10-11-12-13-14-15-16-20-23-27(30)28(25(2)29)24-26-21-18-17-19-22-26;1-4-5-10-7(9)6-8(2)3/h17-19,21-22H,3-16,20,23-24H2,1-2H3;4-6H2,1-3H3. The van der Waals surface area contributed by atoms with Crippen molar-refractivity contribution < 1.29 is 19.1 Å². The van der Waals surface area contributed by atoms with Gasteiger partial charge in [0.15, 0.2) is 0 Å². The number of hydrogen-bond acceptors (Lipinski definition) is 5. The van der Waals surface area contributed by atoms with Gasteiger partial charge in [-0.15, -0.1) is 0 Å². The Kier molecular flexibility index (Phi) is 25.5. The quantitative estimate of drug-likeness (QED) is 0.105. The van der Waals surface area contributed by atoms with Crippen LogP contribution in [0.15, 0.2) is 30.3 Å². The van der Waals surface area contributed by atoms with Crippen molar-refractivity contribution in [3.63, 3.8) is 0 Å². The van der Waals surface area contributed by atoms with E-state index >= 15 is 0 Å². The monoisotopic (exact) mass is 560 g/mol. The van der Waals surface area contributed by atoms with Crippen LogP contribution in [0.5, 0.6) is 0 Å². The Morgan fingerprint density at radius 2 is 1.15 bits per heavy atom. The molecule has 6 heteroatoms. The highest BCUT2D eigenvalue weighted by Crippen LogP contribution is 2.14. The largest absolute Gasteiger partial charge is 0.465 e. The molecule has 0 spiro atoms. The predicted octanol–water partition coefficient (Wildman–Crippen LogP) is 8.32. The normalized spacial score (nSPS) is 10.7. The molecule has 1 aromatic carbocycles. The van der Waals surface area contributed by atoms with Gasteiger partial charge >= 0.3 is 5.97 Å². The van der Waals surface area contributed by atoms with Crippen LogP contribution in [-0.2, 0) is 25.7 Å². The average Bonchev–Trinajstić information content (AvgIpc) is 2.93. The number of unbranched alkanes of at least 4 members (excludes halogenated alkanes) is 14. The summed E-state index contributed by atoms with van der Waals surface area (Å²) in [5.41, 5.74) is 0.998. The number of hydrogen-bond donors (Lipinski definition) is 0. The van der Waals surface area contributed by atoms with Crippen LogP contribution in [-0.4, -0.2) is 54.8 Å². The minimum atomic E-state index is -0.162. The average molecular weight is 561 g/mol. The molecule has 6 nitrogen and oxygen atoms in total. The van der Waals surface area contributed by atoms with Crippen LogP contribution in [0.1, 0.15) is 135 Å². The molecule has 0 fully saturated rings. The second-order valence-electron chi connectivity index (χ2n) is 11.1. The maximum atomic E-state index is 12.4. The Morgan fingerprint density at radius 1 is 0.675 bits per heavy atom. The van der Waals surface area contributed by atoms with E-state index in [0.717, 1.165) is 24.8 Å². The number of imide groups is 1. The van der Waals surface area contributed by atoms with Gasteiger partial charge in [0.05, 0.1) is 19.7 Å². The first-order valence-corrected chi connectivity index (χ1v) is 16.0. The SMILES string of the molecule is CCCCCCCCCCCCCCCCCC(=O)N(Cc1ccccc1)C(C)=O.CCCOC(=O)CN(C)C. The van der Waals surface area contributed by atoms with E-state index in [2.05, 4.69) is 6.92 Å². The van der Waals surface area contributed by atoms with Gasteiger partial charge in [-0.05, 0) is 32.5 Å². The number of rotatable bonds is 22. The molecule has 230 valence electrons. The molecule has 2 amide bonds. The molecule has 0 saturated heterocycles. The molecule has 0 N–H and O–H groups in total. The van der Waals surface area contributed by atoms with Gasteiger partial charge in [-0.25, -0.2) is 0 Å². The molecule has 0 radical (unpaired) electrons. The number of benzene rings is 1. The Balaban J connectivity index is 0.00000129. The van der Waals surface area contributed by atoms with Crippen molar-refractivity contribution in [1.82, 2.24) is 9.80 Å². The van der Waals surface area contributed by atoms with Crippen molar-refractivity contribution in [3.8, 4) is 0 Å². The predicted molar refractivity (Wildman–Crippen MR) is 167 cm³/mol. The van der Waals surface area contributed by atoms with Gasteiger partial charge < -0.3 is 4.74 Å². The molecule has 0 heterocycles. The lowest BCUT2D eigenvalue weighted by Gasteiger charge is -2.19. The summed E-state index contributed by atoms with van der Waals surface area (Å²) in [5, 5.41) is 0. The van der Waals surface area contributed by atoms with E-state index in [-0.39, 0.29) is 17.8 Å². The summed E-state index contributed by atoms with van der Waals surface area (Å²) in [5.74, 6) is -0.349. The first kappa shape index (κ1) is 37.8. The smallest absolute Gasteiger partial charge is 0.320 e. The van der Waals surface area contributed by atoms with E-state index < -0.39 is 0 Å². The zero-order valence-electron chi connectivity index (χ0n) is 26.6. The molecule has 40 heavy (non-hydrogen) atoms. The summed E-state index contributed by atoms with van der Waals surface area (Å²) >= 11 is 0. The summed E-state index contributed by atoms with van der Waals surface area (Å²) in [6, 6.07) is 9.73. The Morgan fingerprint density at radius 3 is 1.57 bits per heavy atom. The van der Waals surface area contributed by atoms with E-state index in [1.54, 1.807) is 4.90 Å². The van der Waals surface area contributed by atoms with Crippen LogP contribution < -0.4 is 0 Å². The number of carbonyl (C=O) groups excluding carboxylic acids is 3. The molecule has 1 aromatic rings. The van der Waals surface area contributed by atoms with E-state index in [0.29, 0.717) is 26.1 Å². The van der Waals surface area contributed by atoms with Gasteiger partial charge in [-0.3, -0.25) is 24.2 Å². The fourth-order valence-corrected chi connectivity index (χ4v) is 4.44. The third-order valence-electron chi connectivity index (χ3n) is 6.77. The van der Waals surface area contributed by atoms with Gasteiger partial charge in [0.1, 0.15) is 0 Å². The molecular formula is C34H60N2O4. The maximum Gasteiger partial charge on any atom is 0.320 e. The van der Waals surface area contributed by atoms with Crippen molar-refractivity contribution in [1.29, 1.82) is 0 Å². The van der Waals surface area contributed by atoms with Crippen molar-refractivity contribution in [2.24, 2.45) is 0 Å². The number of likely N-dealkylation sites (N-methyl/N-ethyl adjacent to an activating group) is 1. The first-order chi connectivity index (χ1) is 19.3. The van der Waals surface area contributed by atoms with Gasteiger partial charge in [-0.1, -0.05) is 134 Å². The fourth-order valence-electron chi connectivity index (χ4n) is 4.44. The van der Waals surface area contributed by atoms with Gasteiger partial charge in [0.2, 0.25) is 11.8 Å². The maximum absolute atomic E-state index is 12.4. The lowest BCUT2D eigenvalue weighted by atomic mass is 10.0. The van der Waals surface area contributed by atoms with Crippen LogP contribution in [0.3, 0.4) is 0 Å². The van der Waals surface area contributed by atoms with E-state index in [1.807, 2.05) is 51.4 Å². The minimum absolute atomic E-state index is 0.0407. The molecule has 0 unspecified atom stereocenters. The Labute approximate surface area is 246 Å². The molecule has 0 aliphatic carbocycles. The lowest BCUT2D eigenvalue weighted by molar-refractivity contribution is -0.145.